The van der Waals surface area contributed by atoms with E-state index in [1.54, 1.807) is 0 Å². The van der Waals surface area contributed by atoms with Crippen LogP contribution in [0.3, 0.4) is 0 Å². The number of hydrogen-bond acceptors (Lipinski definition) is 6. The number of nitrogens with zero attached hydrogens (tertiary/aromatic N) is 3. The lowest BCUT2D eigenvalue weighted by atomic mass is 10.0. The van der Waals surface area contributed by atoms with Gasteiger partial charge in [-0.1, -0.05) is 12.1 Å². The van der Waals surface area contributed by atoms with E-state index in [1.165, 1.54) is 4.90 Å². The Labute approximate surface area is 169 Å². The van der Waals surface area contributed by atoms with Gasteiger partial charge in [0.1, 0.15) is 17.9 Å². The van der Waals surface area contributed by atoms with Gasteiger partial charge in [-0.15, -0.1) is 0 Å². The van der Waals surface area contributed by atoms with E-state index in [9.17, 15) is 19.5 Å². The number of anilines is 1. The van der Waals surface area contributed by atoms with Crippen LogP contribution in [0, 0.1) is 0 Å². The fraction of sp³-hybridized carbons (Fsp3) is 0.450. The molecule has 29 heavy (non-hydrogen) atoms. The highest BCUT2D eigenvalue weighted by Crippen LogP contribution is 2.22. The fourth-order valence-electron chi connectivity index (χ4n) is 3.47. The third-order valence-corrected chi connectivity index (χ3v) is 5.21. The van der Waals surface area contributed by atoms with Crippen LogP contribution in [-0.4, -0.2) is 84.1 Å². The van der Waals surface area contributed by atoms with Crippen LogP contribution in [0.15, 0.2) is 35.6 Å². The summed E-state index contributed by atoms with van der Waals surface area (Å²) in [6.45, 7) is 3.97. The summed E-state index contributed by atoms with van der Waals surface area (Å²) < 4.78 is 0. The predicted molar refractivity (Wildman–Crippen MR) is 106 cm³/mol. The summed E-state index contributed by atoms with van der Waals surface area (Å²) in [5.41, 5.74) is 1.67. The number of nitrogens with one attached hydrogen (secondary N) is 1. The van der Waals surface area contributed by atoms with E-state index in [2.05, 4.69) is 22.2 Å². The summed E-state index contributed by atoms with van der Waals surface area (Å²) in [7, 11) is 2.11. The van der Waals surface area contributed by atoms with Crippen LogP contribution in [0.1, 0.15) is 12.0 Å². The van der Waals surface area contributed by atoms with E-state index in [1.807, 2.05) is 24.3 Å². The molecule has 2 amide bonds. The summed E-state index contributed by atoms with van der Waals surface area (Å²) in [4.78, 5) is 41.5. The Morgan fingerprint density at radius 1 is 1.07 bits per heavy atom. The number of carbonyl (C=O) groups is 3. The van der Waals surface area contributed by atoms with Gasteiger partial charge >= 0.3 is 5.97 Å². The minimum atomic E-state index is -1.22. The maximum Gasteiger partial charge on any atom is 0.322 e. The Bertz CT molecular complexity index is 813. The van der Waals surface area contributed by atoms with Crippen LogP contribution in [0.2, 0.25) is 0 Å². The van der Waals surface area contributed by atoms with Crippen molar-refractivity contribution in [2.75, 3.05) is 51.2 Å². The second-order valence-corrected chi connectivity index (χ2v) is 7.33. The molecule has 2 heterocycles. The average molecular weight is 402 g/mol. The number of hydrogen-bond donors (Lipinski definition) is 3. The molecule has 0 spiro atoms. The largest absolute Gasteiger partial charge is 0.511 e. The summed E-state index contributed by atoms with van der Waals surface area (Å²) in [5, 5.41) is 20.8. The van der Waals surface area contributed by atoms with Crippen LogP contribution >= 0.6 is 0 Å². The lowest BCUT2D eigenvalue weighted by Gasteiger charge is -2.34. The zero-order valence-electron chi connectivity index (χ0n) is 16.4. The van der Waals surface area contributed by atoms with Crippen molar-refractivity contribution in [1.29, 1.82) is 0 Å². The van der Waals surface area contributed by atoms with Crippen molar-refractivity contribution in [1.82, 2.24) is 15.1 Å². The molecule has 156 valence electrons. The minimum Gasteiger partial charge on any atom is -0.511 e. The van der Waals surface area contributed by atoms with E-state index >= 15 is 0 Å². The number of amides is 2. The average Bonchev–Trinajstić information content (AvgIpc) is 2.70. The second kappa shape index (κ2) is 8.95. The minimum absolute atomic E-state index is 0.154. The Hall–Kier alpha value is -3.07. The van der Waals surface area contributed by atoms with Gasteiger partial charge in [0, 0.05) is 51.4 Å². The van der Waals surface area contributed by atoms with E-state index in [0.717, 1.165) is 37.4 Å². The van der Waals surface area contributed by atoms with Gasteiger partial charge in [-0.25, -0.2) is 0 Å². The molecule has 1 aromatic rings. The molecule has 3 N–H and O–H groups in total. The number of carbonyl (C=O) groups excluding carboxylic acids is 2. The SMILES string of the molecule is CN1CCN(c2ccc(CN3CCC(O)=C(C(=O)NCC(=O)O)C3=O)cc2)CC1. The van der Waals surface area contributed by atoms with Crippen molar-refractivity contribution in [3.05, 3.63) is 41.2 Å². The third kappa shape index (κ3) is 5.05. The molecule has 0 aliphatic carbocycles. The van der Waals surface area contributed by atoms with Crippen LogP contribution in [0.25, 0.3) is 0 Å². The standard InChI is InChI=1S/C20H26N4O5/c1-22-8-10-23(11-9-22)15-4-2-14(3-5-15)13-24-7-6-16(25)18(20(24)29)19(28)21-12-17(26)27/h2-5,25H,6-13H2,1H3,(H,21,28)(H,26,27). The van der Waals surface area contributed by atoms with Gasteiger partial charge in [0.2, 0.25) is 0 Å². The van der Waals surface area contributed by atoms with E-state index < -0.39 is 24.3 Å². The Kier molecular flexibility index (Phi) is 6.38. The van der Waals surface area contributed by atoms with Crippen molar-refractivity contribution in [2.45, 2.75) is 13.0 Å². The van der Waals surface area contributed by atoms with Gasteiger partial charge in [0.15, 0.2) is 0 Å². The number of aliphatic carboxylic acids is 1. The first-order valence-corrected chi connectivity index (χ1v) is 9.59. The molecule has 0 atom stereocenters. The third-order valence-electron chi connectivity index (χ3n) is 5.21. The molecule has 0 saturated carbocycles. The molecule has 1 saturated heterocycles. The molecule has 3 rings (SSSR count). The molecular weight excluding hydrogens is 376 g/mol. The van der Waals surface area contributed by atoms with Crippen molar-refractivity contribution in [3.63, 3.8) is 0 Å². The van der Waals surface area contributed by atoms with Crippen molar-refractivity contribution in [2.24, 2.45) is 0 Å². The Morgan fingerprint density at radius 2 is 1.72 bits per heavy atom. The van der Waals surface area contributed by atoms with Gasteiger partial charge in [0.25, 0.3) is 11.8 Å². The molecular formula is C20H26N4O5. The monoisotopic (exact) mass is 402 g/mol. The number of piperazine rings is 1. The highest BCUT2D eigenvalue weighted by Gasteiger charge is 2.32. The lowest BCUT2D eigenvalue weighted by molar-refractivity contribution is -0.138. The molecule has 1 fully saturated rings. The van der Waals surface area contributed by atoms with Crippen molar-refractivity contribution < 1.29 is 24.6 Å². The van der Waals surface area contributed by atoms with Crippen molar-refractivity contribution >= 4 is 23.5 Å². The van der Waals surface area contributed by atoms with Crippen molar-refractivity contribution in [3.8, 4) is 0 Å². The molecule has 0 bridgehead atoms. The molecule has 9 heteroatoms. The van der Waals surface area contributed by atoms with Gasteiger partial charge in [0.05, 0.1) is 0 Å². The van der Waals surface area contributed by atoms with Gasteiger partial charge in [-0.3, -0.25) is 14.4 Å². The quantitative estimate of drug-likeness (QED) is 0.582. The van der Waals surface area contributed by atoms with Crippen LogP contribution < -0.4 is 10.2 Å². The van der Waals surface area contributed by atoms with Gasteiger partial charge < -0.3 is 30.2 Å². The first kappa shape index (κ1) is 20.7. The summed E-state index contributed by atoms with van der Waals surface area (Å²) >= 11 is 0. The number of rotatable bonds is 6. The highest BCUT2D eigenvalue weighted by molar-refractivity contribution is 6.19. The van der Waals surface area contributed by atoms with E-state index in [0.29, 0.717) is 13.1 Å². The summed E-state index contributed by atoms with van der Waals surface area (Å²) in [6.07, 6.45) is 0.154. The first-order valence-electron chi connectivity index (χ1n) is 9.59. The summed E-state index contributed by atoms with van der Waals surface area (Å²) in [6, 6.07) is 7.98. The zero-order chi connectivity index (χ0) is 21.0. The maximum absolute atomic E-state index is 12.7. The fourth-order valence-corrected chi connectivity index (χ4v) is 3.47. The van der Waals surface area contributed by atoms with E-state index in [-0.39, 0.29) is 17.8 Å². The molecule has 2 aliphatic heterocycles. The molecule has 2 aliphatic rings. The van der Waals surface area contributed by atoms with Gasteiger partial charge in [-0.05, 0) is 24.7 Å². The molecule has 9 nitrogen and oxygen atoms in total. The topological polar surface area (TPSA) is 113 Å². The van der Waals surface area contributed by atoms with Crippen LogP contribution in [-0.2, 0) is 20.9 Å². The Morgan fingerprint density at radius 3 is 2.34 bits per heavy atom. The predicted octanol–water partition coefficient (Wildman–Crippen LogP) is 0.184. The lowest BCUT2D eigenvalue weighted by Crippen LogP contribution is -2.44. The van der Waals surface area contributed by atoms with E-state index in [4.69, 9.17) is 5.11 Å². The number of aliphatic hydroxyl groups is 1. The molecule has 0 radical (unpaired) electrons. The number of carboxylic acids is 1. The summed E-state index contributed by atoms with van der Waals surface area (Å²) in [5.74, 6) is -3.00. The smallest absolute Gasteiger partial charge is 0.322 e. The number of aliphatic hydroxyl groups excluding tert-OH is 1. The van der Waals surface area contributed by atoms with Crippen LogP contribution in [0.5, 0.6) is 0 Å². The molecule has 1 aromatic carbocycles. The van der Waals surface area contributed by atoms with Crippen LogP contribution in [0.4, 0.5) is 5.69 Å². The molecule has 0 unspecified atom stereocenters. The zero-order valence-corrected chi connectivity index (χ0v) is 16.4. The number of carboxylic acid groups (broad SMARTS) is 1. The Balaban J connectivity index is 1.63. The normalized spacial score (nSPS) is 18.2. The first-order chi connectivity index (χ1) is 13.8. The van der Waals surface area contributed by atoms with Gasteiger partial charge in [-0.2, -0.15) is 0 Å². The molecule has 0 aromatic heterocycles. The number of benzene rings is 1. The second-order valence-electron chi connectivity index (χ2n) is 7.33. The maximum atomic E-state index is 12.7. The number of likely N-dealkylation sites (N-methyl/N-ethyl adjacent to an activating group) is 1. The highest BCUT2D eigenvalue weighted by atomic mass is 16.4.